The summed E-state index contributed by atoms with van der Waals surface area (Å²) in [7, 11) is 0. The third-order valence-electron chi connectivity index (χ3n) is 5.41. The Morgan fingerprint density at radius 3 is 2.21 bits per heavy atom. The Kier molecular flexibility index (Phi) is 5.54. The lowest BCUT2D eigenvalue weighted by atomic mass is 9.87. The predicted molar refractivity (Wildman–Crippen MR) is 94.8 cm³/mol. The number of nitrogens with one attached hydrogen (secondary N) is 1. The molecule has 0 radical (unpaired) electrons. The van der Waals surface area contributed by atoms with Gasteiger partial charge in [0.05, 0.1) is 0 Å². The summed E-state index contributed by atoms with van der Waals surface area (Å²) in [4.78, 5) is 26.9. The fourth-order valence-electron chi connectivity index (χ4n) is 3.83. The van der Waals surface area contributed by atoms with Crippen LogP contribution < -0.4 is 5.32 Å². The molecule has 2 fully saturated rings. The number of carbonyl (C=O) groups is 2. The van der Waals surface area contributed by atoms with E-state index in [9.17, 15) is 9.59 Å². The average molecular weight is 328 g/mol. The van der Waals surface area contributed by atoms with Crippen molar-refractivity contribution in [2.45, 2.75) is 57.9 Å². The molecule has 1 saturated carbocycles. The quantitative estimate of drug-likeness (QED) is 0.925. The molecule has 1 saturated heterocycles. The number of aryl methyl sites for hydroxylation is 1. The van der Waals surface area contributed by atoms with E-state index >= 15 is 0 Å². The van der Waals surface area contributed by atoms with Gasteiger partial charge >= 0.3 is 0 Å². The third-order valence-corrected chi connectivity index (χ3v) is 5.41. The van der Waals surface area contributed by atoms with Gasteiger partial charge in [-0.05, 0) is 44.7 Å². The topological polar surface area (TPSA) is 49.4 Å². The summed E-state index contributed by atoms with van der Waals surface area (Å²) in [5.74, 6) is 0.586. The lowest BCUT2D eigenvalue weighted by molar-refractivity contribution is -0.137. The van der Waals surface area contributed by atoms with E-state index in [4.69, 9.17) is 0 Å². The van der Waals surface area contributed by atoms with Gasteiger partial charge in [-0.25, -0.2) is 0 Å². The molecule has 0 spiro atoms. The van der Waals surface area contributed by atoms with Crippen molar-refractivity contribution >= 4 is 11.8 Å². The van der Waals surface area contributed by atoms with Gasteiger partial charge in [0.25, 0.3) is 5.91 Å². The van der Waals surface area contributed by atoms with Crippen molar-refractivity contribution in [3.63, 3.8) is 0 Å². The van der Waals surface area contributed by atoms with E-state index in [1.165, 1.54) is 19.3 Å². The van der Waals surface area contributed by atoms with Crippen LogP contribution in [0.15, 0.2) is 24.3 Å². The fourth-order valence-corrected chi connectivity index (χ4v) is 3.83. The minimum Gasteiger partial charge on any atom is -0.349 e. The Bertz CT molecular complexity index is 568. The highest BCUT2D eigenvalue weighted by Crippen LogP contribution is 2.26. The molecule has 1 aliphatic heterocycles. The van der Waals surface area contributed by atoms with Gasteiger partial charge in [-0.2, -0.15) is 0 Å². The fraction of sp³-hybridized carbons (Fsp3) is 0.600. The van der Waals surface area contributed by atoms with Crippen LogP contribution in [0, 0.1) is 12.8 Å². The van der Waals surface area contributed by atoms with Crippen molar-refractivity contribution < 1.29 is 9.59 Å². The number of benzene rings is 1. The Morgan fingerprint density at radius 2 is 1.58 bits per heavy atom. The van der Waals surface area contributed by atoms with E-state index in [-0.39, 0.29) is 17.9 Å². The molecule has 1 aromatic carbocycles. The molecule has 0 aromatic heterocycles. The van der Waals surface area contributed by atoms with Crippen LogP contribution >= 0.6 is 0 Å². The maximum atomic E-state index is 12.6. The first-order valence-electron chi connectivity index (χ1n) is 9.30. The molecule has 1 heterocycles. The number of hydrogen-bond donors (Lipinski definition) is 1. The molecule has 0 atom stereocenters. The van der Waals surface area contributed by atoms with E-state index in [2.05, 4.69) is 5.32 Å². The van der Waals surface area contributed by atoms with Gasteiger partial charge < -0.3 is 10.2 Å². The smallest absolute Gasteiger partial charge is 0.251 e. The van der Waals surface area contributed by atoms with E-state index < -0.39 is 0 Å². The van der Waals surface area contributed by atoms with Crippen molar-refractivity contribution in [1.29, 1.82) is 0 Å². The zero-order chi connectivity index (χ0) is 16.9. The molecule has 24 heavy (non-hydrogen) atoms. The van der Waals surface area contributed by atoms with E-state index in [1.807, 2.05) is 36.1 Å². The van der Waals surface area contributed by atoms with Crippen LogP contribution in [-0.4, -0.2) is 35.8 Å². The molecule has 4 heteroatoms. The van der Waals surface area contributed by atoms with Crippen molar-refractivity contribution in [1.82, 2.24) is 10.2 Å². The standard InChI is InChI=1S/C20H28N2O2/c1-15-7-9-16(10-8-15)19(23)21-18-11-13-22(14-12-18)20(24)17-5-3-2-4-6-17/h7-10,17-18H,2-6,11-14H2,1H3,(H,21,23). The molecule has 2 aliphatic rings. The zero-order valence-electron chi connectivity index (χ0n) is 14.6. The van der Waals surface area contributed by atoms with Gasteiger partial charge in [0.2, 0.25) is 5.91 Å². The summed E-state index contributed by atoms with van der Waals surface area (Å²) in [5.41, 5.74) is 1.86. The molecule has 0 unspecified atom stereocenters. The number of hydrogen-bond acceptors (Lipinski definition) is 2. The Morgan fingerprint density at radius 1 is 0.958 bits per heavy atom. The number of nitrogens with zero attached hydrogens (tertiary/aromatic N) is 1. The first kappa shape index (κ1) is 17.0. The van der Waals surface area contributed by atoms with E-state index in [0.717, 1.165) is 44.3 Å². The van der Waals surface area contributed by atoms with Crippen LogP contribution in [0.1, 0.15) is 60.9 Å². The second-order valence-corrected chi connectivity index (χ2v) is 7.27. The van der Waals surface area contributed by atoms with Gasteiger partial charge in [-0.1, -0.05) is 37.0 Å². The minimum absolute atomic E-state index is 0.00735. The van der Waals surface area contributed by atoms with Crippen LogP contribution in [-0.2, 0) is 4.79 Å². The van der Waals surface area contributed by atoms with E-state index in [1.54, 1.807) is 0 Å². The number of piperidine rings is 1. The Hall–Kier alpha value is -1.84. The molecule has 130 valence electrons. The lowest BCUT2D eigenvalue weighted by Gasteiger charge is -2.35. The van der Waals surface area contributed by atoms with Crippen molar-refractivity contribution in [2.24, 2.45) is 5.92 Å². The van der Waals surface area contributed by atoms with E-state index in [0.29, 0.717) is 11.5 Å². The van der Waals surface area contributed by atoms with Gasteiger partial charge in [-0.3, -0.25) is 9.59 Å². The zero-order valence-corrected chi connectivity index (χ0v) is 14.6. The summed E-state index contributed by atoms with van der Waals surface area (Å²) in [6, 6.07) is 7.83. The number of carbonyl (C=O) groups excluding carboxylic acids is 2. The highest BCUT2D eigenvalue weighted by atomic mass is 16.2. The first-order valence-corrected chi connectivity index (χ1v) is 9.30. The van der Waals surface area contributed by atoms with Crippen molar-refractivity contribution in [3.8, 4) is 0 Å². The number of likely N-dealkylation sites (tertiary alicyclic amines) is 1. The molecule has 1 aromatic rings. The molecular formula is C20H28N2O2. The average Bonchev–Trinajstić information content (AvgIpc) is 2.63. The van der Waals surface area contributed by atoms with Crippen LogP contribution in [0.3, 0.4) is 0 Å². The molecule has 0 bridgehead atoms. The third kappa shape index (κ3) is 4.16. The number of rotatable bonds is 3. The second kappa shape index (κ2) is 7.82. The second-order valence-electron chi connectivity index (χ2n) is 7.27. The Labute approximate surface area is 144 Å². The normalized spacial score (nSPS) is 20.0. The maximum absolute atomic E-state index is 12.6. The van der Waals surface area contributed by atoms with Crippen LogP contribution in [0.25, 0.3) is 0 Å². The predicted octanol–water partition coefficient (Wildman–Crippen LogP) is 3.30. The summed E-state index contributed by atoms with van der Waals surface area (Å²) < 4.78 is 0. The monoisotopic (exact) mass is 328 g/mol. The lowest BCUT2D eigenvalue weighted by Crippen LogP contribution is -2.48. The molecule has 1 aliphatic carbocycles. The van der Waals surface area contributed by atoms with Gasteiger partial charge in [0, 0.05) is 30.6 Å². The molecule has 1 N–H and O–H groups in total. The van der Waals surface area contributed by atoms with Crippen LogP contribution in [0.5, 0.6) is 0 Å². The van der Waals surface area contributed by atoms with Crippen molar-refractivity contribution in [3.05, 3.63) is 35.4 Å². The van der Waals surface area contributed by atoms with Gasteiger partial charge in [-0.15, -0.1) is 0 Å². The molecular weight excluding hydrogens is 300 g/mol. The van der Waals surface area contributed by atoms with Gasteiger partial charge in [0.15, 0.2) is 0 Å². The minimum atomic E-state index is -0.00735. The van der Waals surface area contributed by atoms with Crippen molar-refractivity contribution in [2.75, 3.05) is 13.1 Å². The molecule has 4 nitrogen and oxygen atoms in total. The summed E-state index contributed by atoms with van der Waals surface area (Å²) in [6.45, 7) is 3.56. The number of amides is 2. The van der Waals surface area contributed by atoms with Gasteiger partial charge in [0.1, 0.15) is 0 Å². The SMILES string of the molecule is Cc1ccc(C(=O)NC2CCN(C(=O)C3CCCCC3)CC2)cc1. The summed E-state index contributed by atoms with van der Waals surface area (Å²) in [6.07, 6.45) is 7.49. The highest BCUT2D eigenvalue weighted by Gasteiger charge is 2.29. The highest BCUT2D eigenvalue weighted by molar-refractivity contribution is 5.94. The summed E-state index contributed by atoms with van der Waals surface area (Å²) >= 11 is 0. The summed E-state index contributed by atoms with van der Waals surface area (Å²) in [5, 5.41) is 3.12. The molecule has 2 amide bonds. The largest absolute Gasteiger partial charge is 0.349 e. The van der Waals surface area contributed by atoms with Crippen LogP contribution in [0.4, 0.5) is 0 Å². The van der Waals surface area contributed by atoms with Crippen LogP contribution in [0.2, 0.25) is 0 Å². The molecule has 3 rings (SSSR count). The first-order chi connectivity index (χ1) is 11.6. The maximum Gasteiger partial charge on any atom is 0.251 e. The Balaban J connectivity index is 1.47.